The molecule has 1 aliphatic heterocycles. The van der Waals surface area contributed by atoms with Crippen molar-refractivity contribution in [1.29, 1.82) is 0 Å². The fraction of sp³-hybridized carbons (Fsp3) is 0.333. The second kappa shape index (κ2) is 4.17. The van der Waals surface area contributed by atoms with Gasteiger partial charge in [-0.1, -0.05) is 31.7 Å². The number of aryl methyl sites for hydroxylation is 1. The molecule has 1 nitrogen and oxygen atoms in total. The molecule has 0 bridgehead atoms. The topological polar surface area (TPSA) is 12.0 Å². The van der Waals surface area contributed by atoms with Crippen LogP contribution >= 0.6 is 0 Å². The predicted molar refractivity (Wildman–Crippen MR) is 69.3 cm³/mol. The van der Waals surface area contributed by atoms with Crippen LogP contribution in [0.1, 0.15) is 36.0 Å². The number of benzene rings is 1. The minimum absolute atomic E-state index is 0.478. The molecule has 0 unspecified atom stereocenters. The highest BCUT2D eigenvalue weighted by Crippen LogP contribution is 2.32. The third-order valence-electron chi connectivity index (χ3n) is 3.55. The summed E-state index contributed by atoms with van der Waals surface area (Å²) < 4.78 is 0. The molecule has 1 aliphatic rings. The SMILES string of the molecule is C=C1CC([C@@H](C)c2cccc(C)c2C)=CN1. The van der Waals surface area contributed by atoms with Gasteiger partial charge in [0.25, 0.3) is 0 Å². The van der Waals surface area contributed by atoms with Gasteiger partial charge in [0, 0.05) is 24.2 Å². The quantitative estimate of drug-likeness (QED) is 0.788. The first-order valence-corrected chi connectivity index (χ1v) is 5.79. The maximum Gasteiger partial charge on any atom is 0.0115 e. The van der Waals surface area contributed by atoms with Crippen molar-refractivity contribution < 1.29 is 0 Å². The number of hydrogen-bond acceptors (Lipinski definition) is 1. The Morgan fingerprint density at radius 1 is 1.31 bits per heavy atom. The van der Waals surface area contributed by atoms with E-state index in [1.807, 2.05) is 0 Å². The Bertz CT molecular complexity index is 455. The molecule has 84 valence electrons. The molecule has 1 N–H and O–H groups in total. The average Bonchev–Trinajstić information content (AvgIpc) is 2.68. The second-order valence-electron chi connectivity index (χ2n) is 4.65. The van der Waals surface area contributed by atoms with Crippen molar-refractivity contribution in [3.63, 3.8) is 0 Å². The van der Waals surface area contributed by atoms with Crippen molar-refractivity contribution in [2.75, 3.05) is 0 Å². The maximum absolute atomic E-state index is 3.96. The fourth-order valence-electron chi connectivity index (χ4n) is 2.26. The first-order valence-electron chi connectivity index (χ1n) is 5.79. The Hall–Kier alpha value is -1.50. The first-order chi connectivity index (χ1) is 7.59. The summed E-state index contributed by atoms with van der Waals surface area (Å²) in [5, 5.41) is 3.20. The lowest BCUT2D eigenvalue weighted by molar-refractivity contribution is 0.855. The summed E-state index contributed by atoms with van der Waals surface area (Å²) in [7, 11) is 0. The molecule has 0 saturated heterocycles. The molecule has 0 fully saturated rings. The monoisotopic (exact) mass is 213 g/mol. The summed E-state index contributed by atoms with van der Waals surface area (Å²) in [6.07, 6.45) is 3.09. The lowest BCUT2D eigenvalue weighted by Crippen LogP contribution is -2.00. The van der Waals surface area contributed by atoms with E-state index in [1.54, 1.807) is 0 Å². The zero-order valence-corrected chi connectivity index (χ0v) is 10.3. The second-order valence-corrected chi connectivity index (χ2v) is 4.65. The molecule has 1 aromatic rings. The molecule has 1 atom stereocenters. The highest BCUT2D eigenvalue weighted by molar-refractivity contribution is 5.41. The zero-order chi connectivity index (χ0) is 11.7. The highest BCUT2D eigenvalue weighted by Gasteiger charge is 2.18. The van der Waals surface area contributed by atoms with Crippen LogP contribution in [0, 0.1) is 13.8 Å². The Balaban J connectivity index is 2.31. The zero-order valence-electron chi connectivity index (χ0n) is 10.3. The largest absolute Gasteiger partial charge is 0.365 e. The van der Waals surface area contributed by atoms with E-state index in [9.17, 15) is 0 Å². The predicted octanol–water partition coefficient (Wildman–Crippen LogP) is 3.80. The molecule has 2 rings (SSSR count). The van der Waals surface area contributed by atoms with Crippen LogP contribution in [0.4, 0.5) is 0 Å². The van der Waals surface area contributed by atoms with Crippen LogP contribution in [-0.4, -0.2) is 0 Å². The van der Waals surface area contributed by atoms with Crippen LogP contribution in [0.5, 0.6) is 0 Å². The molecule has 0 saturated carbocycles. The van der Waals surface area contributed by atoms with E-state index in [0.29, 0.717) is 5.92 Å². The van der Waals surface area contributed by atoms with Crippen LogP contribution in [0.2, 0.25) is 0 Å². The van der Waals surface area contributed by atoms with E-state index < -0.39 is 0 Å². The summed E-state index contributed by atoms with van der Waals surface area (Å²) in [4.78, 5) is 0. The third kappa shape index (κ3) is 1.90. The average molecular weight is 213 g/mol. The van der Waals surface area contributed by atoms with Crippen LogP contribution in [0.15, 0.2) is 42.2 Å². The molecule has 1 aromatic carbocycles. The maximum atomic E-state index is 3.96. The van der Waals surface area contributed by atoms with Gasteiger partial charge in [-0.15, -0.1) is 0 Å². The minimum Gasteiger partial charge on any atom is -0.365 e. The van der Waals surface area contributed by atoms with Crippen LogP contribution in [0.25, 0.3) is 0 Å². The van der Waals surface area contributed by atoms with Crippen molar-refractivity contribution in [2.45, 2.75) is 33.1 Å². The molecular weight excluding hydrogens is 194 g/mol. The van der Waals surface area contributed by atoms with E-state index in [1.165, 1.54) is 22.3 Å². The van der Waals surface area contributed by atoms with E-state index >= 15 is 0 Å². The van der Waals surface area contributed by atoms with E-state index in [2.05, 4.69) is 57.1 Å². The number of hydrogen-bond donors (Lipinski definition) is 1. The van der Waals surface area contributed by atoms with Gasteiger partial charge in [-0.05, 0) is 36.1 Å². The van der Waals surface area contributed by atoms with Gasteiger partial charge in [0.2, 0.25) is 0 Å². The van der Waals surface area contributed by atoms with Gasteiger partial charge in [0.05, 0.1) is 0 Å². The summed E-state index contributed by atoms with van der Waals surface area (Å²) in [6, 6.07) is 6.55. The Labute approximate surface area is 97.9 Å². The molecule has 0 amide bonds. The summed E-state index contributed by atoms with van der Waals surface area (Å²) in [5.41, 5.74) is 6.75. The first kappa shape index (κ1) is 11.0. The smallest absolute Gasteiger partial charge is 0.0115 e. The van der Waals surface area contributed by atoms with Crippen LogP contribution in [0.3, 0.4) is 0 Å². The lowest BCUT2D eigenvalue weighted by atomic mass is 9.87. The fourth-order valence-corrected chi connectivity index (χ4v) is 2.26. The number of allylic oxidation sites excluding steroid dienone is 1. The van der Waals surface area contributed by atoms with Crippen molar-refractivity contribution in [1.82, 2.24) is 5.32 Å². The van der Waals surface area contributed by atoms with Gasteiger partial charge in [0.15, 0.2) is 0 Å². The van der Waals surface area contributed by atoms with Crippen molar-refractivity contribution in [3.8, 4) is 0 Å². The van der Waals surface area contributed by atoms with Gasteiger partial charge in [-0.25, -0.2) is 0 Å². The normalized spacial score (nSPS) is 16.9. The Morgan fingerprint density at radius 2 is 2.06 bits per heavy atom. The van der Waals surface area contributed by atoms with Gasteiger partial charge in [-0.3, -0.25) is 0 Å². The minimum atomic E-state index is 0.478. The standard InChI is InChI=1S/C15H19N/c1-10-6-5-7-15(12(10)3)13(4)14-8-11(2)16-9-14/h5-7,9,13,16H,2,8H2,1,3-4H3/t13-/m1/s1. The lowest BCUT2D eigenvalue weighted by Gasteiger charge is -2.17. The van der Waals surface area contributed by atoms with Crippen molar-refractivity contribution in [3.05, 3.63) is 58.9 Å². The molecule has 1 heterocycles. The van der Waals surface area contributed by atoms with Gasteiger partial charge < -0.3 is 5.32 Å². The van der Waals surface area contributed by atoms with Crippen molar-refractivity contribution in [2.24, 2.45) is 0 Å². The number of rotatable bonds is 2. The van der Waals surface area contributed by atoms with E-state index in [0.717, 1.165) is 12.1 Å². The summed E-state index contributed by atoms with van der Waals surface area (Å²) in [5.74, 6) is 0.478. The van der Waals surface area contributed by atoms with Gasteiger partial charge in [0.1, 0.15) is 0 Å². The van der Waals surface area contributed by atoms with E-state index in [4.69, 9.17) is 0 Å². The Kier molecular flexibility index (Phi) is 2.86. The number of nitrogens with one attached hydrogen (secondary N) is 1. The molecule has 0 radical (unpaired) electrons. The molecule has 16 heavy (non-hydrogen) atoms. The molecule has 0 aromatic heterocycles. The molecular formula is C15H19N. The molecule has 0 spiro atoms. The van der Waals surface area contributed by atoms with E-state index in [-0.39, 0.29) is 0 Å². The van der Waals surface area contributed by atoms with Crippen LogP contribution in [-0.2, 0) is 0 Å². The molecule has 0 aliphatic carbocycles. The summed E-state index contributed by atoms with van der Waals surface area (Å²) in [6.45, 7) is 10.6. The third-order valence-corrected chi connectivity index (χ3v) is 3.55. The van der Waals surface area contributed by atoms with Gasteiger partial charge in [-0.2, -0.15) is 0 Å². The van der Waals surface area contributed by atoms with Gasteiger partial charge >= 0.3 is 0 Å². The molecule has 1 heteroatoms. The van der Waals surface area contributed by atoms with Crippen LogP contribution < -0.4 is 5.32 Å². The van der Waals surface area contributed by atoms with Crippen molar-refractivity contribution >= 4 is 0 Å². The Morgan fingerprint density at radius 3 is 2.69 bits per heavy atom. The summed E-state index contributed by atoms with van der Waals surface area (Å²) >= 11 is 0. The highest BCUT2D eigenvalue weighted by atomic mass is 14.9.